The number of ether oxygens (including phenoxy) is 4. The number of carbonyl (C=O) groups excluding carboxylic acids is 2. The van der Waals surface area contributed by atoms with E-state index in [1.54, 1.807) is 12.1 Å². The molecular formula is C20H26O11. The van der Waals surface area contributed by atoms with Gasteiger partial charge in [0.2, 0.25) is 0 Å². The van der Waals surface area contributed by atoms with Crippen LogP contribution >= 0.6 is 0 Å². The van der Waals surface area contributed by atoms with Crippen molar-refractivity contribution in [1.82, 2.24) is 0 Å². The zero-order valence-corrected chi connectivity index (χ0v) is 16.7. The predicted octanol–water partition coefficient (Wildman–Crippen LogP) is -1.30. The second-order valence-electron chi connectivity index (χ2n) is 6.81. The van der Waals surface area contributed by atoms with Crippen molar-refractivity contribution >= 4 is 18.0 Å². The molecule has 5 unspecified atom stereocenters. The van der Waals surface area contributed by atoms with Crippen LogP contribution in [0.2, 0.25) is 0 Å². The van der Waals surface area contributed by atoms with Gasteiger partial charge in [-0.05, 0) is 23.8 Å². The first-order valence-corrected chi connectivity index (χ1v) is 9.44. The van der Waals surface area contributed by atoms with Crippen molar-refractivity contribution in [2.75, 3.05) is 19.8 Å². The molecule has 6 atom stereocenters. The fraction of sp³-hybridized carbons (Fsp3) is 0.500. The standard InChI is InChI=1S/C20H26O11/c1-11(22)28-9-14(30-20-19(27)18(26)17(25)15(8-21)31-20)10-29-16(24)7-4-12-2-5-13(23)6-3-12/h2-7,14-15,17-21,23,25-27H,8-10H2,1H3/t14-,15?,17?,18?,19?,20?/m0/s1. The van der Waals surface area contributed by atoms with E-state index in [1.807, 2.05) is 0 Å². The Morgan fingerprint density at radius 2 is 1.71 bits per heavy atom. The van der Waals surface area contributed by atoms with Crippen molar-refractivity contribution in [2.24, 2.45) is 0 Å². The van der Waals surface area contributed by atoms with Crippen LogP contribution in [0.5, 0.6) is 5.75 Å². The van der Waals surface area contributed by atoms with Gasteiger partial charge in [-0.25, -0.2) is 4.79 Å². The number of carbonyl (C=O) groups is 2. The Kier molecular flexibility index (Phi) is 9.37. The fourth-order valence-corrected chi connectivity index (χ4v) is 2.68. The molecule has 1 saturated heterocycles. The number of aliphatic hydroxyl groups excluding tert-OH is 4. The van der Waals surface area contributed by atoms with Crippen molar-refractivity contribution < 1.29 is 54.1 Å². The molecule has 11 nitrogen and oxygen atoms in total. The molecule has 0 amide bonds. The van der Waals surface area contributed by atoms with E-state index in [-0.39, 0.29) is 19.0 Å². The summed E-state index contributed by atoms with van der Waals surface area (Å²) in [5.74, 6) is -1.28. The molecule has 1 aliphatic rings. The number of phenolic OH excluding ortho intramolecular Hbond substituents is 1. The van der Waals surface area contributed by atoms with Crippen LogP contribution in [0.3, 0.4) is 0 Å². The Morgan fingerprint density at radius 3 is 2.32 bits per heavy atom. The average Bonchev–Trinajstić information content (AvgIpc) is 2.75. The summed E-state index contributed by atoms with van der Waals surface area (Å²) in [6.45, 7) is -0.214. The molecule has 2 rings (SSSR count). The van der Waals surface area contributed by atoms with Crippen LogP contribution in [0.1, 0.15) is 12.5 Å². The lowest BCUT2D eigenvalue weighted by Crippen LogP contribution is -2.60. The number of benzene rings is 1. The molecule has 1 fully saturated rings. The maximum Gasteiger partial charge on any atom is 0.330 e. The zero-order valence-electron chi connectivity index (χ0n) is 16.7. The normalized spacial score (nSPS) is 27.1. The van der Waals surface area contributed by atoms with Crippen LogP contribution in [-0.2, 0) is 28.5 Å². The quantitative estimate of drug-likeness (QED) is 0.227. The minimum atomic E-state index is -1.66. The third-order valence-corrected chi connectivity index (χ3v) is 4.36. The van der Waals surface area contributed by atoms with Gasteiger partial charge in [-0.1, -0.05) is 12.1 Å². The highest BCUT2D eigenvalue weighted by molar-refractivity contribution is 5.87. The third-order valence-electron chi connectivity index (χ3n) is 4.36. The average molecular weight is 442 g/mol. The predicted molar refractivity (Wildman–Crippen MR) is 103 cm³/mol. The van der Waals surface area contributed by atoms with Crippen molar-refractivity contribution in [2.45, 2.75) is 43.7 Å². The van der Waals surface area contributed by atoms with E-state index in [9.17, 15) is 35.1 Å². The molecule has 1 aromatic carbocycles. The topological polar surface area (TPSA) is 172 Å². The highest BCUT2D eigenvalue weighted by atomic mass is 16.7. The molecule has 0 bridgehead atoms. The van der Waals surface area contributed by atoms with Crippen molar-refractivity contribution in [1.29, 1.82) is 0 Å². The fourth-order valence-electron chi connectivity index (χ4n) is 2.68. The molecule has 1 heterocycles. The maximum absolute atomic E-state index is 12.0. The van der Waals surface area contributed by atoms with E-state index in [0.29, 0.717) is 5.56 Å². The van der Waals surface area contributed by atoms with E-state index in [4.69, 9.17) is 18.9 Å². The highest BCUT2D eigenvalue weighted by Gasteiger charge is 2.45. The molecule has 5 N–H and O–H groups in total. The zero-order chi connectivity index (χ0) is 23.0. The Bertz CT molecular complexity index is 746. The summed E-state index contributed by atoms with van der Waals surface area (Å²) in [5, 5.41) is 48.2. The summed E-state index contributed by atoms with van der Waals surface area (Å²) >= 11 is 0. The smallest absolute Gasteiger partial charge is 0.330 e. The SMILES string of the molecule is CC(=O)OC[C@@H](COC(=O)C=Cc1ccc(O)cc1)OC1OC(CO)C(O)C(O)C1O. The third kappa shape index (κ3) is 7.58. The van der Waals surface area contributed by atoms with Gasteiger partial charge < -0.3 is 44.5 Å². The first-order chi connectivity index (χ1) is 14.7. The van der Waals surface area contributed by atoms with Crippen molar-refractivity contribution in [3.63, 3.8) is 0 Å². The number of esters is 2. The summed E-state index contributed by atoms with van der Waals surface area (Å²) in [5.41, 5.74) is 0.642. The van der Waals surface area contributed by atoms with Crippen LogP contribution in [0, 0.1) is 0 Å². The second kappa shape index (κ2) is 11.7. The summed E-state index contributed by atoms with van der Waals surface area (Å²) < 4.78 is 20.6. The number of phenols is 1. The molecular weight excluding hydrogens is 416 g/mol. The van der Waals surface area contributed by atoms with Gasteiger partial charge in [0.25, 0.3) is 0 Å². The van der Waals surface area contributed by atoms with Crippen molar-refractivity contribution in [3.8, 4) is 5.75 Å². The van der Waals surface area contributed by atoms with E-state index >= 15 is 0 Å². The minimum Gasteiger partial charge on any atom is -0.508 e. The van der Waals surface area contributed by atoms with Gasteiger partial charge in [0.05, 0.1) is 6.61 Å². The number of hydrogen-bond donors (Lipinski definition) is 5. The summed E-state index contributed by atoms with van der Waals surface area (Å²) in [4.78, 5) is 23.1. The Morgan fingerprint density at radius 1 is 1.06 bits per heavy atom. The van der Waals surface area contributed by atoms with E-state index in [2.05, 4.69) is 0 Å². The van der Waals surface area contributed by atoms with Crippen LogP contribution in [0.15, 0.2) is 30.3 Å². The molecule has 0 saturated carbocycles. The van der Waals surface area contributed by atoms with Gasteiger partial charge in [-0.2, -0.15) is 0 Å². The molecule has 0 aromatic heterocycles. The van der Waals surface area contributed by atoms with Crippen LogP contribution < -0.4 is 0 Å². The summed E-state index contributed by atoms with van der Waals surface area (Å²) in [7, 11) is 0. The molecule has 1 aliphatic heterocycles. The molecule has 0 radical (unpaired) electrons. The van der Waals surface area contributed by atoms with E-state index < -0.39 is 55.4 Å². The summed E-state index contributed by atoms with van der Waals surface area (Å²) in [6.07, 6.45) is -6.02. The summed E-state index contributed by atoms with van der Waals surface area (Å²) in [6, 6.07) is 6.08. The maximum atomic E-state index is 12.0. The van der Waals surface area contributed by atoms with Gasteiger partial charge >= 0.3 is 11.9 Å². The largest absolute Gasteiger partial charge is 0.508 e. The van der Waals surface area contributed by atoms with Gasteiger partial charge in [-0.15, -0.1) is 0 Å². The van der Waals surface area contributed by atoms with E-state index in [0.717, 1.165) is 13.0 Å². The Hall–Kier alpha value is -2.54. The number of aromatic hydroxyl groups is 1. The lowest BCUT2D eigenvalue weighted by molar-refractivity contribution is -0.315. The Balaban J connectivity index is 1.96. The van der Waals surface area contributed by atoms with Gasteiger partial charge in [0, 0.05) is 13.0 Å². The number of hydrogen-bond acceptors (Lipinski definition) is 11. The lowest BCUT2D eigenvalue weighted by atomic mass is 9.99. The Labute approximate surface area is 178 Å². The number of aliphatic hydroxyl groups is 4. The molecule has 1 aromatic rings. The molecule has 0 aliphatic carbocycles. The van der Waals surface area contributed by atoms with Gasteiger partial charge in [-0.3, -0.25) is 4.79 Å². The van der Waals surface area contributed by atoms with Crippen LogP contribution in [0.4, 0.5) is 0 Å². The van der Waals surface area contributed by atoms with Gasteiger partial charge in [0.1, 0.15) is 49.5 Å². The molecule has 0 spiro atoms. The highest BCUT2D eigenvalue weighted by Crippen LogP contribution is 2.23. The second-order valence-corrected chi connectivity index (χ2v) is 6.81. The van der Waals surface area contributed by atoms with Crippen molar-refractivity contribution in [3.05, 3.63) is 35.9 Å². The number of rotatable bonds is 9. The molecule has 172 valence electrons. The molecule has 11 heteroatoms. The van der Waals surface area contributed by atoms with E-state index in [1.165, 1.54) is 18.2 Å². The van der Waals surface area contributed by atoms with Crippen LogP contribution in [0.25, 0.3) is 6.08 Å². The first kappa shape index (κ1) is 24.7. The van der Waals surface area contributed by atoms with Crippen LogP contribution in [-0.4, -0.2) is 94.1 Å². The van der Waals surface area contributed by atoms with Gasteiger partial charge in [0.15, 0.2) is 6.29 Å². The lowest BCUT2D eigenvalue weighted by Gasteiger charge is -2.40. The monoisotopic (exact) mass is 442 g/mol. The molecule has 31 heavy (non-hydrogen) atoms. The minimum absolute atomic E-state index is 0.0818. The first-order valence-electron chi connectivity index (χ1n) is 9.44.